The number of nitrogens with zero attached hydrogens (tertiary/aromatic N) is 3. The molecule has 0 saturated carbocycles. The first-order valence-corrected chi connectivity index (χ1v) is 9.39. The molecule has 0 radical (unpaired) electrons. The van der Waals surface area contributed by atoms with Gasteiger partial charge in [0.05, 0.1) is 12.1 Å². The molecular weight excluding hydrogens is 367 g/mol. The normalized spacial score (nSPS) is 11.0. The summed E-state index contributed by atoms with van der Waals surface area (Å²) in [7, 11) is 2.00. The number of nitrogens with one attached hydrogen (secondary N) is 1. The molecule has 4 rings (SSSR count). The van der Waals surface area contributed by atoms with Gasteiger partial charge in [-0.05, 0) is 30.7 Å². The third-order valence-corrected chi connectivity index (χ3v) is 4.89. The highest BCUT2D eigenvalue weighted by atomic mass is 19.1. The second-order valence-electron chi connectivity index (χ2n) is 7.04. The van der Waals surface area contributed by atoms with Crippen LogP contribution in [0.5, 0.6) is 0 Å². The van der Waals surface area contributed by atoms with E-state index < -0.39 is 0 Å². The molecule has 0 fully saturated rings. The molecule has 2 aromatic heterocycles. The van der Waals surface area contributed by atoms with Gasteiger partial charge >= 0.3 is 0 Å². The lowest BCUT2D eigenvalue weighted by Gasteiger charge is -2.10. The van der Waals surface area contributed by atoms with Gasteiger partial charge in [0.15, 0.2) is 0 Å². The number of fused-ring (bicyclic) bond motifs is 1. The Bertz CT molecular complexity index is 1180. The van der Waals surface area contributed by atoms with Crippen LogP contribution in [0, 0.1) is 12.7 Å². The number of hydrogen-bond donors (Lipinski definition) is 1. The minimum Gasteiger partial charge on any atom is -0.352 e. The topological polar surface area (TPSA) is 59.8 Å². The second-order valence-corrected chi connectivity index (χ2v) is 7.04. The van der Waals surface area contributed by atoms with Crippen LogP contribution in [0.2, 0.25) is 0 Å². The Morgan fingerprint density at radius 2 is 1.90 bits per heavy atom. The number of halogens is 1. The van der Waals surface area contributed by atoms with Crippen molar-refractivity contribution >= 4 is 16.8 Å². The summed E-state index contributed by atoms with van der Waals surface area (Å²) in [6, 6.07) is 14.1. The van der Waals surface area contributed by atoms with Crippen molar-refractivity contribution in [1.82, 2.24) is 19.9 Å². The molecule has 29 heavy (non-hydrogen) atoms. The summed E-state index contributed by atoms with van der Waals surface area (Å²) in [4.78, 5) is 21.3. The number of benzene rings is 2. The summed E-state index contributed by atoms with van der Waals surface area (Å²) in [5, 5.41) is 4.03. The van der Waals surface area contributed by atoms with Crippen molar-refractivity contribution in [3.63, 3.8) is 0 Å². The van der Waals surface area contributed by atoms with Crippen LogP contribution in [0.15, 0.2) is 60.9 Å². The SMILES string of the molecule is Cc1ncc(CNC(=O)Cc2ccc(F)cc2)c(-c2cn(C)c3ccccc23)n1. The number of aromatic nitrogens is 3. The van der Waals surface area contributed by atoms with Gasteiger partial charge in [-0.25, -0.2) is 14.4 Å². The minimum atomic E-state index is -0.314. The fraction of sp³-hybridized carbons (Fsp3) is 0.174. The second kappa shape index (κ2) is 7.83. The minimum absolute atomic E-state index is 0.138. The van der Waals surface area contributed by atoms with Crippen LogP contribution in [-0.2, 0) is 24.8 Å². The molecule has 1 N–H and O–H groups in total. The van der Waals surface area contributed by atoms with Gasteiger partial charge in [-0.15, -0.1) is 0 Å². The Balaban J connectivity index is 1.58. The standard InChI is InChI=1S/C23H21FN4O/c1-15-25-12-17(13-26-22(29)11-16-7-9-18(24)10-8-16)23(27-15)20-14-28(2)21-6-4-3-5-19(20)21/h3-10,12,14H,11,13H2,1-2H3,(H,26,29). The van der Waals surface area contributed by atoms with E-state index in [1.165, 1.54) is 12.1 Å². The van der Waals surface area contributed by atoms with Gasteiger partial charge in [-0.1, -0.05) is 30.3 Å². The number of hydrogen-bond acceptors (Lipinski definition) is 3. The van der Waals surface area contributed by atoms with Crippen LogP contribution < -0.4 is 5.32 Å². The molecule has 2 heterocycles. The lowest BCUT2D eigenvalue weighted by atomic mass is 10.1. The van der Waals surface area contributed by atoms with Gasteiger partial charge in [0.1, 0.15) is 11.6 Å². The van der Waals surface area contributed by atoms with E-state index in [2.05, 4.69) is 38.2 Å². The maximum absolute atomic E-state index is 13.0. The molecule has 0 bridgehead atoms. The molecule has 2 aromatic carbocycles. The van der Waals surface area contributed by atoms with Crippen molar-refractivity contribution in [1.29, 1.82) is 0 Å². The first kappa shape index (κ1) is 18.8. The number of aryl methyl sites for hydroxylation is 2. The molecule has 0 aliphatic carbocycles. The summed E-state index contributed by atoms with van der Waals surface area (Å²) < 4.78 is 15.1. The van der Waals surface area contributed by atoms with Crippen molar-refractivity contribution in [3.8, 4) is 11.3 Å². The molecule has 0 saturated heterocycles. The summed E-state index contributed by atoms with van der Waals surface area (Å²) in [5.74, 6) is 0.223. The Morgan fingerprint density at radius 1 is 1.14 bits per heavy atom. The van der Waals surface area contributed by atoms with E-state index in [-0.39, 0.29) is 18.1 Å². The van der Waals surface area contributed by atoms with E-state index >= 15 is 0 Å². The molecule has 0 unspecified atom stereocenters. The van der Waals surface area contributed by atoms with Gasteiger partial charge in [0.2, 0.25) is 5.91 Å². The molecule has 4 aromatic rings. The molecule has 0 aliphatic heterocycles. The Kier molecular flexibility index (Phi) is 5.08. The van der Waals surface area contributed by atoms with Crippen LogP contribution in [0.1, 0.15) is 17.0 Å². The fourth-order valence-corrected chi connectivity index (χ4v) is 3.43. The summed E-state index contributed by atoms with van der Waals surface area (Å²) in [6.45, 7) is 2.17. The zero-order valence-corrected chi connectivity index (χ0v) is 16.3. The number of carbonyl (C=O) groups excluding carboxylic acids is 1. The monoisotopic (exact) mass is 388 g/mol. The third-order valence-electron chi connectivity index (χ3n) is 4.89. The van der Waals surface area contributed by atoms with Crippen LogP contribution in [0.3, 0.4) is 0 Å². The van der Waals surface area contributed by atoms with Crippen molar-refractivity contribution in [2.75, 3.05) is 0 Å². The first-order valence-electron chi connectivity index (χ1n) is 9.39. The largest absolute Gasteiger partial charge is 0.352 e. The average molecular weight is 388 g/mol. The molecule has 0 aliphatic rings. The van der Waals surface area contributed by atoms with E-state index in [1.54, 1.807) is 18.3 Å². The lowest BCUT2D eigenvalue weighted by Crippen LogP contribution is -2.25. The van der Waals surface area contributed by atoms with E-state index in [0.29, 0.717) is 12.4 Å². The Morgan fingerprint density at radius 3 is 2.69 bits per heavy atom. The molecule has 0 atom stereocenters. The summed E-state index contributed by atoms with van der Waals surface area (Å²) >= 11 is 0. The highest BCUT2D eigenvalue weighted by Crippen LogP contribution is 2.30. The van der Waals surface area contributed by atoms with E-state index in [9.17, 15) is 9.18 Å². The predicted octanol–water partition coefficient (Wildman–Crippen LogP) is 3.94. The number of amides is 1. The predicted molar refractivity (Wildman–Crippen MR) is 111 cm³/mol. The number of carbonyl (C=O) groups is 1. The average Bonchev–Trinajstić information content (AvgIpc) is 3.05. The van der Waals surface area contributed by atoms with Gasteiger partial charge in [0, 0.05) is 48.0 Å². The molecule has 6 heteroatoms. The Labute approximate surface area is 168 Å². The molecule has 0 spiro atoms. The first-order chi connectivity index (χ1) is 14.0. The van der Waals surface area contributed by atoms with Gasteiger partial charge < -0.3 is 9.88 Å². The van der Waals surface area contributed by atoms with Crippen LogP contribution in [-0.4, -0.2) is 20.4 Å². The highest BCUT2D eigenvalue weighted by Gasteiger charge is 2.15. The maximum Gasteiger partial charge on any atom is 0.224 e. The van der Waals surface area contributed by atoms with Crippen LogP contribution in [0.25, 0.3) is 22.2 Å². The number of rotatable bonds is 5. The molecular formula is C23H21FN4O. The van der Waals surface area contributed by atoms with Crippen molar-refractivity contribution in [3.05, 3.63) is 83.7 Å². The quantitative estimate of drug-likeness (QED) is 0.563. The van der Waals surface area contributed by atoms with Crippen molar-refractivity contribution < 1.29 is 9.18 Å². The van der Waals surface area contributed by atoms with E-state index in [0.717, 1.165) is 33.3 Å². The molecule has 5 nitrogen and oxygen atoms in total. The van der Waals surface area contributed by atoms with Crippen molar-refractivity contribution in [2.45, 2.75) is 19.9 Å². The number of para-hydroxylation sites is 1. The summed E-state index contributed by atoms with van der Waals surface area (Å²) in [5.41, 5.74) is 4.55. The third kappa shape index (κ3) is 4.01. The maximum atomic E-state index is 13.0. The van der Waals surface area contributed by atoms with Gasteiger partial charge in [0.25, 0.3) is 0 Å². The van der Waals surface area contributed by atoms with Gasteiger partial charge in [-0.2, -0.15) is 0 Å². The zero-order valence-electron chi connectivity index (χ0n) is 16.3. The van der Waals surface area contributed by atoms with Crippen LogP contribution >= 0.6 is 0 Å². The summed E-state index contributed by atoms with van der Waals surface area (Å²) in [6.07, 6.45) is 4.00. The van der Waals surface area contributed by atoms with Gasteiger partial charge in [-0.3, -0.25) is 4.79 Å². The van der Waals surface area contributed by atoms with Crippen LogP contribution in [0.4, 0.5) is 4.39 Å². The Hall–Kier alpha value is -3.54. The molecule has 1 amide bonds. The lowest BCUT2D eigenvalue weighted by molar-refractivity contribution is -0.120. The zero-order chi connectivity index (χ0) is 20.4. The highest BCUT2D eigenvalue weighted by molar-refractivity contribution is 5.95. The van der Waals surface area contributed by atoms with E-state index in [4.69, 9.17) is 0 Å². The van der Waals surface area contributed by atoms with Crippen molar-refractivity contribution in [2.24, 2.45) is 7.05 Å². The van der Waals surface area contributed by atoms with E-state index in [1.807, 2.05) is 26.1 Å². The smallest absolute Gasteiger partial charge is 0.224 e. The fourth-order valence-electron chi connectivity index (χ4n) is 3.43. The molecule has 146 valence electrons.